The highest BCUT2D eigenvalue weighted by molar-refractivity contribution is 6.91. The molecule has 0 bridgehead atoms. The molecule has 52 heavy (non-hydrogen) atoms. The lowest BCUT2D eigenvalue weighted by molar-refractivity contribution is 0.476. The van der Waals surface area contributed by atoms with Gasteiger partial charge in [0.1, 0.15) is 16.1 Å². The molecule has 0 unspecified atom stereocenters. The Morgan fingerprint density at radius 1 is 0.423 bits per heavy atom. The van der Waals surface area contributed by atoms with Gasteiger partial charge < -0.3 is 0 Å². The van der Waals surface area contributed by atoms with Crippen molar-refractivity contribution < 1.29 is 0 Å². The van der Waals surface area contributed by atoms with Crippen LogP contribution in [0, 0.1) is 50.6 Å². The van der Waals surface area contributed by atoms with Crippen LogP contribution >= 0.6 is 0 Å². The van der Waals surface area contributed by atoms with Gasteiger partial charge in [-0.25, -0.2) is 0 Å². The van der Waals surface area contributed by atoms with Gasteiger partial charge in [0, 0.05) is 11.1 Å². The minimum absolute atomic E-state index is 0.626. The zero-order chi connectivity index (χ0) is 37.3. The Kier molecular flexibility index (Phi) is 9.85. The molecule has 0 aromatic heterocycles. The number of rotatable bonds is 6. The maximum Gasteiger partial charge on any atom is 0.147 e. The lowest BCUT2D eigenvalue weighted by atomic mass is 9.86. The lowest BCUT2D eigenvalue weighted by Crippen LogP contribution is -2.47. The number of hydrogen-bond donors (Lipinski definition) is 0. The minimum Gasteiger partial charge on any atom is -0.125 e. The van der Waals surface area contributed by atoms with E-state index in [0.29, 0.717) is 22.2 Å². The number of hydrogen-bond acceptors (Lipinski definition) is 0. The number of benzene rings is 5. The highest BCUT2D eigenvalue weighted by Crippen LogP contribution is 2.52. The summed E-state index contributed by atoms with van der Waals surface area (Å²) < 4.78 is 0. The van der Waals surface area contributed by atoms with Crippen LogP contribution in [-0.2, 0) is 0 Å². The van der Waals surface area contributed by atoms with Gasteiger partial charge >= 0.3 is 0 Å². The Bertz CT molecular complexity index is 2050. The fourth-order valence-electron chi connectivity index (χ4n) is 10.9. The van der Waals surface area contributed by atoms with Gasteiger partial charge in [0.15, 0.2) is 0 Å². The molecule has 2 fully saturated rings. The van der Waals surface area contributed by atoms with Gasteiger partial charge in [-0.3, -0.25) is 0 Å². The first-order valence-electron chi connectivity index (χ1n) is 20.6. The Hall–Kier alpha value is -3.31. The highest BCUT2D eigenvalue weighted by atomic mass is 28.3. The maximum atomic E-state index is 4.28. The average molecular weight is 719 g/mol. The van der Waals surface area contributed by atoms with E-state index < -0.39 is 16.1 Å². The fourth-order valence-corrected chi connectivity index (χ4v) is 22.3. The predicted octanol–water partition coefficient (Wildman–Crippen LogP) is 15.0. The van der Waals surface area contributed by atoms with Crippen molar-refractivity contribution in [2.24, 2.45) is 0 Å². The Labute approximate surface area is 317 Å². The zero-order valence-corrected chi connectivity index (χ0v) is 36.3. The molecule has 2 heteroatoms. The van der Waals surface area contributed by atoms with E-state index in [-0.39, 0.29) is 0 Å². The Balaban J connectivity index is 1.69. The molecular formula is C50H62Si2. The maximum absolute atomic E-state index is 4.28. The summed E-state index contributed by atoms with van der Waals surface area (Å²) in [5, 5.41) is 10.6. The molecular weight excluding hydrogens is 657 g/mol. The van der Waals surface area contributed by atoms with Crippen molar-refractivity contribution in [2.45, 2.75) is 155 Å². The monoisotopic (exact) mass is 718 g/mol. The Morgan fingerprint density at radius 3 is 0.865 bits per heavy atom. The van der Waals surface area contributed by atoms with Crippen LogP contribution < -0.4 is 0 Å². The molecule has 2 aliphatic carbocycles. The van der Waals surface area contributed by atoms with Gasteiger partial charge in [-0.15, -0.1) is 11.1 Å². The first kappa shape index (κ1) is 37.0. The summed E-state index contributed by atoms with van der Waals surface area (Å²) in [5.74, 6) is 8.25. The molecule has 2 aliphatic rings. The topological polar surface area (TPSA) is 0 Å². The standard InChI is InChI=1S/C50H62Si2/c1-31(2)51(32(3)4,39-15-13-16-39)25-23-41-47-27-43-35(9)19-21-37(11)45(43)29-49(47)42(24-26-52(33(5)6,34(7)8)40-17-14-18-40)50-30-46-38(12)22-20-36(10)44(46)28-48(41)50/h19-22,27-34,39-40H,13-18H2,1-12H3. The summed E-state index contributed by atoms with van der Waals surface area (Å²) >= 11 is 0. The lowest BCUT2D eigenvalue weighted by Gasteiger charge is -2.45. The van der Waals surface area contributed by atoms with Crippen molar-refractivity contribution in [1.82, 2.24) is 0 Å². The van der Waals surface area contributed by atoms with E-state index in [9.17, 15) is 0 Å². The van der Waals surface area contributed by atoms with Crippen molar-refractivity contribution >= 4 is 59.2 Å². The average Bonchev–Trinajstić information content (AvgIpc) is 3.04. The highest BCUT2D eigenvalue weighted by Gasteiger charge is 2.49. The molecule has 0 amide bonds. The molecule has 0 heterocycles. The molecule has 5 aromatic carbocycles. The molecule has 0 radical (unpaired) electrons. The number of fused-ring (bicyclic) bond motifs is 4. The van der Waals surface area contributed by atoms with E-state index >= 15 is 0 Å². The molecule has 0 spiro atoms. The van der Waals surface area contributed by atoms with Crippen LogP contribution in [0.15, 0.2) is 48.5 Å². The zero-order valence-electron chi connectivity index (χ0n) is 34.3. The van der Waals surface area contributed by atoms with Gasteiger partial charge in [-0.1, -0.05) is 130 Å². The van der Waals surface area contributed by atoms with Crippen LogP contribution in [0.3, 0.4) is 0 Å². The SMILES string of the molecule is Cc1ccc(C)c2cc3c(C#C[Si](C(C)C)(C(C)C)C4CCC4)c4cc5c(C)ccc(C)c5cc4c(C#C[Si](C(C)C)(C(C)C)C4CCC4)c3cc12. The molecule has 0 nitrogen and oxygen atoms in total. The summed E-state index contributed by atoms with van der Waals surface area (Å²) in [6, 6.07) is 19.2. The van der Waals surface area contributed by atoms with Gasteiger partial charge in [0.05, 0.1) is 0 Å². The molecule has 0 atom stereocenters. The minimum atomic E-state index is -1.94. The smallest absolute Gasteiger partial charge is 0.125 e. The fraction of sp³-hybridized carbons (Fsp3) is 0.480. The molecule has 0 N–H and O–H groups in total. The van der Waals surface area contributed by atoms with Gasteiger partial charge in [0.2, 0.25) is 0 Å². The van der Waals surface area contributed by atoms with Crippen molar-refractivity contribution in [1.29, 1.82) is 0 Å². The molecule has 0 aliphatic heterocycles. The number of aryl methyl sites for hydroxylation is 4. The second-order valence-electron chi connectivity index (χ2n) is 18.3. The molecule has 5 aromatic rings. The van der Waals surface area contributed by atoms with Gasteiger partial charge in [-0.2, -0.15) is 0 Å². The van der Waals surface area contributed by atoms with Crippen molar-refractivity contribution in [2.75, 3.05) is 0 Å². The van der Waals surface area contributed by atoms with Crippen LogP contribution in [0.25, 0.3) is 43.1 Å². The van der Waals surface area contributed by atoms with Crippen LogP contribution in [-0.4, -0.2) is 16.1 Å². The normalized spacial score (nSPS) is 15.8. The molecule has 270 valence electrons. The summed E-state index contributed by atoms with van der Waals surface area (Å²) in [7, 11) is -3.89. The second kappa shape index (κ2) is 13.8. The summed E-state index contributed by atoms with van der Waals surface area (Å²) in [6.07, 6.45) is 8.17. The quantitative estimate of drug-likeness (QED) is 0.0931. The van der Waals surface area contributed by atoms with E-state index in [1.54, 1.807) is 0 Å². The van der Waals surface area contributed by atoms with E-state index in [1.807, 2.05) is 0 Å². The van der Waals surface area contributed by atoms with E-state index in [2.05, 4.69) is 155 Å². The van der Waals surface area contributed by atoms with E-state index in [1.165, 1.54) is 115 Å². The summed E-state index contributed by atoms with van der Waals surface area (Å²) in [4.78, 5) is 0. The van der Waals surface area contributed by atoms with Gasteiger partial charge in [0.25, 0.3) is 0 Å². The van der Waals surface area contributed by atoms with Crippen molar-refractivity contribution in [3.8, 4) is 22.9 Å². The molecule has 0 saturated heterocycles. The second-order valence-corrected chi connectivity index (χ2v) is 28.8. The first-order valence-corrected chi connectivity index (χ1v) is 25.1. The van der Waals surface area contributed by atoms with Crippen molar-refractivity contribution in [3.05, 3.63) is 81.9 Å². The largest absolute Gasteiger partial charge is 0.147 e. The van der Waals surface area contributed by atoms with Crippen LogP contribution in [0.2, 0.25) is 33.2 Å². The van der Waals surface area contributed by atoms with Crippen LogP contribution in [0.4, 0.5) is 0 Å². The third-order valence-corrected chi connectivity index (χ3v) is 27.1. The predicted molar refractivity (Wildman–Crippen MR) is 236 cm³/mol. The van der Waals surface area contributed by atoms with Crippen LogP contribution in [0.1, 0.15) is 127 Å². The first-order chi connectivity index (χ1) is 24.7. The van der Waals surface area contributed by atoms with Crippen molar-refractivity contribution in [3.63, 3.8) is 0 Å². The van der Waals surface area contributed by atoms with Gasteiger partial charge in [-0.05, 0) is 151 Å². The van der Waals surface area contributed by atoms with Crippen LogP contribution in [0.5, 0.6) is 0 Å². The summed E-state index contributed by atoms with van der Waals surface area (Å²) in [6.45, 7) is 28.9. The molecule has 2 saturated carbocycles. The Morgan fingerprint density at radius 2 is 0.673 bits per heavy atom. The third-order valence-electron chi connectivity index (χ3n) is 14.4. The molecule has 7 rings (SSSR count). The third kappa shape index (κ3) is 5.71. The van der Waals surface area contributed by atoms with E-state index in [4.69, 9.17) is 0 Å². The van der Waals surface area contributed by atoms with E-state index in [0.717, 1.165) is 11.1 Å². The summed E-state index contributed by atoms with van der Waals surface area (Å²) in [5.41, 5.74) is 20.4.